The van der Waals surface area contributed by atoms with Crippen molar-refractivity contribution in [1.82, 2.24) is 15.0 Å². The molecular formula is C46H31N3. The maximum Gasteiger partial charge on any atom is 0.164 e. The van der Waals surface area contributed by atoms with E-state index < -0.39 is 0 Å². The standard InChI is InChI=1S/C46H31N3/c1-46(2)38-18-10-17-35(34-24-21-30-20-19-28-15-9-16-29-22-25-36(34)41(30)40(28)29)42(38)37-26-23-33(27-39(37)46)45-48-43(31-11-5-3-6-12-31)47-44(49-45)32-13-7-4-8-14-32/h3-27H,1-2H3. The third kappa shape index (κ3) is 4.19. The van der Waals surface area contributed by atoms with E-state index in [-0.39, 0.29) is 5.41 Å². The van der Waals surface area contributed by atoms with E-state index in [1.807, 2.05) is 36.4 Å². The normalized spacial score (nSPS) is 13.3. The summed E-state index contributed by atoms with van der Waals surface area (Å²) in [7, 11) is 0. The molecule has 49 heavy (non-hydrogen) atoms. The quantitative estimate of drug-likeness (QED) is 0.183. The lowest BCUT2D eigenvalue weighted by atomic mass is 9.81. The van der Waals surface area contributed by atoms with Gasteiger partial charge in [-0.3, -0.25) is 0 Å². The van der Waals surface area contributed by atoms with E-state index in [0.29, 0.717) is 17.5 Å². The lowest BCUT2D eigenvalue weighted by Crippen LogP contribution is -2.15. The van der Waals surface area contributed by atoms with Crippen LogP contribution >= 0.6 is 0 Å². The summed E-state index contributed by atoms with van der Waals surface area (Å²) >= 11 is 0. The highest BCUT2D eigenvalue weighted by atomic mass is 15.0. The van der Waals surface area contributed by atoms with Crippen molar-refractivity contribution in [3.63, 3.8) is 0 Å². The van der Waals surface area contributed by atoms with Crippen LogP contribution < -0.4 is 0 Å². The maximum absolute atomic E-state index is 5.04. The van der Waals surface area contributed by atoms with Gasteiger partial charge in [-0.1, -0.05) is 159 Å². The zero-order chi connectivity index (χ0) is 32.7. The van der Waals surface area contributed by atoms with Gasteiger partial charge in [0.05, 0.1) is 0 Å². The first kappa shape index (κ1) is 27.9. The summed E-state index contributed by atoms with van der Waals surface area (Å²) in [6.45, 7) is 4.68. The van der Waals surface area contributed by atoms with Gasteiger partial charge in [-0.2, -0.15) is 0 Å². The van der Waals surface area contributed by atoms with Crippen molar-refractivity contribution in [1.29, 1.82) is 0 Å². The number of benzene rings is 8. The molecular weight excluding hydrogens is 595 g/mol. The summed E-state index contributed by atoms with van der Waals surface area (Å²) in [5, 5.41) is 7.84. The zero-order valence-electron chi connectivity index (χ0n) is 27.3. The molecule has 3 heteroatoms. The average molecular weight is 626 g/mol. The second-order valence-corrected chi connectivity index (χ2v) is 13.6. The van der Waals surface area contributed by atoms with Gasteiger partial charge in [0.25, 0.3) is 0 Å². The molecule has 0 bridgehead atoms. The van der Waals surface area contributed by atoms with Crippen molar-refractivity contribution in [2.45, 2.75) is 19.3 Å². The topological polar surface area (TPSA) is 38.7 Å². The molecule has 10 rings (SSSR count). The van der Waals surface area contributed by atoms with Crippen molar-refractivity contribution in [3.05, 3.63) is 163 Å². The molecule has 0 atom stereocenters. The van der Waals surface area contributed by atoms with Gasteiger partial charge in [0.15, 0.2) is 17.5 Å². The van der Waals surface area contributed by atoms with Crippen LogP contribution in [0.2, 0.25) is 0 Å². The summed E-state index contributed by atoms with van der Waals surface area (Å²) in [6, 6.07) is 54.3. The molecule has 1 aliphatic carbocycles. The molecule has 1 aliphatic rings. The molecule has 0 aliphatic heterocycles. The van der Waals surface area contributed by atoms with E-state index in [2.05, 4.69) is 129 Å². The van der Waals surface area contributed by atoms with Crippen LogP contribution in [0, 0.1) is 0 Å². The molecule has 1 heterocycles. The van der Waals surface area contributed by atoms with Gasteiger partial charge in [0, 0.05) is 22.1 Å². The second-order valence-electron chi connectivity index (χ2n) is 13.6. The summed E-state index contributed by atoms with van der Waals surface area (Å²) in [5.74, 6) is 2.02. The van der Waals surface area contributed by atoms with Gasteiger partial charge >= 0.3 is 0 Å². The third-order valence-corrected chi connectivity index (χ3v) is 10.5. The number of fused-ring (bicyclic) bond motifs is 3. The van der Waals surface area contributed by atoms with Crippen LogP contribution in [0.15, 0.2) is 152 Å². The largest absolute Gasteiger partial charge is 0.208 e. The van der Waals surface area contributed by atoms with Gasteiger partial charge in [0.1, 0.15) is 0 Å². The first-order valence-corrected chi connectivity index (χ1v) is 16.9. The Bertz CT molecular complexity index is 2650. The molecule has 0 N–H and O–H groups in total. The Morgan fingerprint density at radius 3 is 1.61 bits per heavy atom. The highest BCUT2D eigenvalue weighted by molar-refractivity contribution is 6.25. The minimum absolute atomic E-state index is 0.210. The summed E-state index contributed by atoms with van der Waals surface area (Å²) in [5.41, 5.74) is 10.5. The van der Waals surface area contributed by atoms with E-state index >= 15 is 0 Å². The minimum atomic E-state index is -0.210. The van der Waals surface area contributed by atoms with Crippen molar-refractivity contribution in [2.24, 2.45) is 0 Å². The molecule has 9 aromatic rings. The Labute approximate surface area is 284 Å². The second kappa shape index (κ2) is 10.4. The molecule has 0 saturated heterocycles. The lowest BCUT2D eigenvalue weighted by Gasteiger charge is -2.22. The molecule has 0 fully saturated rings. The Morgan fingerprint density at radius 2 is 0.939 bits per heavy atom. The van der Waals surface area contributed by atoms with E-state index in [4.69, 9.17) is 15.0 Å². The molecule has 230 valence electrons. The fourth-order valence-corrected chi connectivity index (χ4v) is 8.06. The molecule has 0 saturated carbocycles. The number of hydrogen-bond donors (Lipinski definition) is 0. The molecule has 0 unspecified atom stereocenters. The van der Waals surface area contributed by atoms with Gasteiger partial charge in [-0.25, -0.2) is 15.0 Å². The number of nitrogens with zero attached hydrogens (tertiary/aromatic N) is 3. The predicted molar refractivity (Wildman–Crippen MR) is 203 cm³/mol. The maximum atomic E-state index is 5.04. The van der Waals surface area contributed by atoms with Gasteiger partial charge < -0.3 is 0 Å². The molecule has 3 nitrogen and oxygen atoms in total. The van der Waals surface area contributed by atoms with E-state index in [9.17, 15) is 0 Å². The van der Waals surface area contributed by atoms with Gasteiger partial charge in [0.2, 0.25) is 0 Å². The van der Waals surface area contributed by atoms with Gasteiger partial charge in [-0.15, -0.1) is 0 Å². The summed E-state index contributed by atoms with van der Waals surface area (Å²) in [4.78, 5) is 15.0. The van der Waals surface area contributed by atoms with Crippen molar-refractivity contribution in [3.8, 4) is 56.4 Å². The Kier molecular flexibility index (Phi) is 5.92. The first-order chi connectivity index (χ1) is 24.0. The minimum Gasteiger partial charge on any atom is -0.208 e. The Hall–Kier alpha value is -6.19. The van der Waals surface area contributed by atoms with Crippen LogP contribution in [-0.4, -0.2) is 15.0 Å². The van der Waals surface area contributed by atoms with Crippen LogP contribution in [0.1, 0.15) is 25.0 Å². The summed E-state index contributed by atoms with van der Waals surface area (Å²) in [6.07, 6.45) is 0. The molecule has 0 spiro atoms. The van der Waals surface area contributed by atoms with Crippen molar-refractivity contribution >= 4 is 32.3 Å². The monoisotopic (exact) mass is 625 g/mol. The fourth-order valence-electron chi connectivity index (χ4n) is 8.06. The smallest absolute Gasteiger partial charge is 0.164 e. The SMILES string of the molecule is CC1(C)c2cc(-c3nc(-c4ccccc4)nc(-c4ccccc4)n3)ccc2-c2c(-c3ccc4ccc5cccc6ccc3c4c56)cccc21. The number of rotatable bonds is 4. The highest BCUT2D eigenvalue weighted by Gasteiger charge is 2.37. The highest BCUT2D eigenvalue weighted by Crippen LogP contribution is 2.54. The van der Waals surface area contributed by atoms with Crippen LogP contribution in [0.5, 0.6) is 0 Å². The average Bonchev–Trinajstić information content (AvgIpc) is 3.40. The number of aromatic nitrogens is 3. The van der Waals surface area contributed by atoms with E-state index in [1.165, 1.54) is 65.7 Å². The molecule has 0 amide bonds. The van der Waals surface area contributed by atoms with Crippen LogP contribution in [-0.2, 0) is 5.41 Å². The number of hydrogen-bond acceptors (Lipinski definition) is 3. The molecule has 1 aromatic heterocycles. The third-order valence-electron chi connectivity index (χ3n) is 10.5. The molecule has 8 aromatic carbocycles. The van der Waals surface area contributed by atoms with E-state index in [0.717, 1.165) is 16.7 Å². The zero-order valence-corrected chi connectivity index (χ0v) is 27.3. The van der Waals surface area contributed by atoms with Crippen molar-refractivity contribution in [2.75, 3.05) is 0 Å². The predicted octanol–water partition coefficient (Wildman–Crippen LogP) is 11.7. The lowest BCUT2D eigenvalue weighted by molar-refractivity contribution is 0.660. The van der Waals surface area contributed by atoms with Crippen LogP contribution in [0.3, 0.4) is 0 Å². The first-order valence-electron chi connectivity index (χ1n) is 16.9. The van der Waals surface area contributed by atoms with Gasteiger partial charge in [-0.05, 0) is 71.8 Å². The van der Waals surface area contributed by atoms with Crippen molar-refractivity contribution < 1.29 is 0 Å². The summed E-state index contributed by atoms with van der Waals surface area (Å²) < 4.78 is 0. The molecule has 0 radical (unpaired) electrons. The van der Waals surface area contributed by atoms with Crippen LogP contribution in [0.25, 0.3) is 88.7 Å². The fraction of sp³-hybridized carbons (Fsp3) is 0.0652. The van der Waals surface area contributed by atoms with Crippen LogP contribution in [0.4, 0.5) is 0 Å². The van der Waals surface area contributed by atoms with E-state index in [1.54, 1.807) is 0 Å². The Morgan fingerprint density at radius 1 is 0.388 bits per heavy atom. The Balaban J connectivity index is 1.16.